The molecule has 126 valence electrons. The number of carbonyl (C=O) groups excluding carboxylic acids is 1. The molecule has 1 saturated heterocycles. The average molecular weight is 324 g/mol. The van der Waals surface area contributed by atoms with Crippen LogP contribution in [0.25, 0.3) is 0 Å². The molecule has 0 N–H and O–H groups in total. The van der Waals surface area contributed by atoms with E-state index in [1.807, 2.05) is 29.3 Å². The molecular weight excluding hydrogens is 300 g/mol. The molecule has 4 heteroatoms. The fourth-order valence-electron chi connectivity index (χ4n) is 3.07. The summed E-state index contributed by atoms with van der Waals surface area (Å²) in [6, 6.07) is 14.3. The van der Waals surface area contributed by atoms with Crippen molar-refractivity contribution < 1.29 is 9.53 Å². The summed E-state index contributed by atoms with van der Waals surface area (Å²) in [6.45, 7) is 2.03. The van der Waals surface area contributed by atoms with Gasteiger partial charge < -0.3 is 9.64 Å². The van der Waals surface area contributed by atoms with Crippen molar-refractivity contribution in [2.45, 2.75) is 38.3 Å². The molecule has 1 aliphatic heterocycles. The lowest BCUT2D eigenvalue weighted by Gasteiger charge is -2.25. The maximum Gasteiger partial charge on any atom is 0.251 e. The van der Waals surface area contributed by atoms with E-state index in [1.54, 1.807) is 6.20 Å². The standard InChI is InChI=1S/C20H24N2O2/c23-20(19-11-6-14-24-19)22(16-18-9-4-12-21-15-18)13-5-10-17-7-2-1-3-8-17/h1-4,7-9,12,15,19H,5-6,10-11,13-14,16H2. The highest BCUT2D eigenvalue weighted by Gasteiger charge is 2.28. The van der Waals surface area contributed by atoms with Crippen LogP contribution in [0.5, 0.6) is 0 Å². The van der Waals surface area contributed by atoms with E-state index in [1.165, 1.54) is 5.56 Å². The van der Waals surface area contributed by atoms with Crippen LogP contribution in [0.3, 0.4) is 0 Å². The van der Waals surface area contributed by atoms with Gasteiger partial charge in [0.05, 0.1) is 0 Å². The maximum absolute atomic E-state index is 12.8. The second-order valence-corrected chi connectivity index (χ2v) is 6.21. The van der Waals surface area contributed by atoms with Gasteiger partial charge >= 0.3 is 0 Å². The lowest BCUT2D eigenvalue weighted by atomic mass is 10.1. The van der Waals surface area contributed by atoms with Crippen LogP contribution >= 0.6 is 0 Å². The van der Waals surface area contributed by atoms with Gasteiger partial charge in [0.1, 0.15) is 6.10 Å². The monoisotopic (exact) mass is 324 g/mol. The number of aromatic nitrogens is 1. The molecule has 0 aliphatic carbocycles. The lowest BCUT2D eigenvalue weighted by molar-refractivity contribution is -0.141. The molecule has 0 saturated carbocycles. The number of rotatable bonds is 7. The van der Waals surface area contributed by atoms with Gasteiger partial charge in [-0.1, -0.05) is 36.4 Å². The zero-order valence-electron chi connectivity index (χ0n) is 13.9. The molecule has 1 aromatic carbocycles. The van der Waals surface area contributed by atoms with Crippen molar-refractivity contribution in [2.24, 2.45) is 0 Å². The number of hydrogen-bond acceptors (Lipinski definition) is 3. The van der Waals surface area contributed by atoms with Gasteiger partial charge in [-0.05, 0) is 42.9 Å². The molecule has 1 amide bonds. The Morgan fingerprint density at radius 1 is 1.17 bits per heavy atom. The molecule has 1 aromatic heterocycles. The summed E-state index contributed by atoms with van der Waals surface area (Å²) < 4.78 is 5.59. The third-order valence-corrected chi connectivity index (χ3v) is 4.35. The van der Waals surface area contributed by atoms with Crippen molar-refractivity contribution >= 4 is 5.91 Å². The van der Waals surface area contributed by atoms with Gasteiger partial charge in [0.25, 0.3) is 5.91 Å². The van der Waals surface area contributed by atoms with Gasteiger partial charge in [-0.15, -0.1) is 0 Å². The Hall–Kier alpha value is -2.20. The molecule has 2 heterocycles. The van der Waals surface area contributed by atoms with Crippen LogP contribution in [0.4, 0.5) is 0 Å². The molecule has 4 nitrogen and oxygen atoms in total. The van der Waals surface area contributed by atoms with Crippen LogP contribution in [0.2, 0.25) is 0 Å². The highest BCUT2D eigenvalue weighted by molar-refractivity contribution is 5.81. The van der Waals surface area contributed by atoms with E-state index in [9.17, 15) is 4.79 Å². The molecule has 1 atom stereocenters. The summed E-state index contributed by atoms with van der Waals surface area (Å²) in [7, 11) is 0. The van der Waals surface area contributed by atoms with E-state index in [-0.39, 0.29) is 12.0 Å². The summed E-state index contributed by atoms with van der Waals surface area (Å²) in [5.74, 6) is 0.115. The van der Waals surface area contributed by atoms with E-state index in [0.29, 0.717) is 13.2 Å². The van der Waals surface area contributed by atoms with E-state index < -0.39 is 0 Å². The SMILES string of the molecule is O=C(C1CCCO1)N(CCCc1ccccc1)Cc1cccnc1. The fraction of sp³-hybridized carbons (Fsp3) is 0.400. The first-order valence-electron chi connectivity index (χ1n) is 8.66. The summed E-state index contributed by atoms with van der Waals surface area (Å²) in [5, 5.41) is 0. The van der Waals surface area contributed by atoms with Crippen LogP contribution in [-0.4, -0.2) is 35.0 Å². The van der Waals surface area contributed by atoms with Gasteiger partial charge in [-0.25, -0.2) is 0 Å². The first kappa shape index (κ1) is 16.7. The first-order chi connectivity index (χ1) is 11.8. The molecule has 1 unspecified atom stereocenters. The Labute approximate surface area is 143 Å². The average Bonchev–Trinajstić information content (AvgIpc) is 3.17. The second kappa shape index (κ2) is 8.60. The topological polar surface area (TPSA) is 42.4 Å². The summed E-state index contributed by atoms with van der Waals surface area (Å²) in [5.41, 5.74) is 2.37. The summed E-state index contributed by atoms with van der Waals surface area (Å²) in [6.07, 6.45) is 7.05. The number of ether oxygens (including phenoxy) is 1. The molecule has 3 rings (SSSR count). The van der Waals surface area contributed by atoms with E-state index >= 15 is 0 Å². The van der Waals surface area contributed by atoms with Gasteiger partial charge in [-0.3, -0.25) is 9.78 Å². The Morgan fingerprint density at radius 3 is 2.71 bits per heavy atom. The predicted octanol–water partition coefficient (Wildman–Crippen LogP) is 3.22. The summed E-state index contributed by atoms with van der Waals surface area (Å²) in [4.78, 5) is 18.9. The Balaban J connectivity index is 1.61. The van der Waals surface area contributed by atoms with Crippen LogP contribution in [0.1, 0.15) is 30.4 Å². The zero-order chi connectivity index (χ0) is 16.6. The van der Waals surface area contributed by atoms with Crippen LogP contribution < -0.4 is 0 Å². The van der Waals surface area contributed by atoms with Gasteiger partial charge in [0.15, 0.2) is 0 Å². The number of nitrogens with zero attached hydrogens (tertiary/aromatic N) is 2. The van der Waals surface area contributed by atoms with Crippen LogP contribution in [0, 0.1) is 0 Å². The molecule has 2 aromatic rings. The molecule has 0 radical (unpaired) electrons. The zero-order valence-corrected chi connectivity index (χ0v) is 13.9. The molecule has 1 fully saturated rings. The Morgan fingerprint density at radius 2 is 2.00 bits per heavy atom. The maximum atomic E-state index is 12.8. The van der Waals surface area contributed by atoms with E-state index in [4.69, 9.17) is 4.74 Å². The minimum atomic E-state index is -0.265. The summed E-state index contributed by atoms with van der Waals surface area (Å²) >= 11 is 0. The van der Waals surface area contributed by atoms with Gasteiger partial charge in [0, 0.05) is 32.1 Å². The highest BCUT2D eigenvalue weighted by Crippen LogP contribution is 2.17. The van der Waals surface area contributed by atoms with Crippen molar-refractivity contribution in [3.8, 4) is 0 Å². The second-order valence-electron chi connectivity index (χ2n) is 6.21. The molecular formula is C20H24N2O2. The molecule has 1 aliphatic rings. The third kappa shape index (κ3) is 4.65. The number of aryl methyl sites for hydroxylation is 1. The fourth-order valence-corrected chi connectivity index (χ4v) is 3.07. The quantitative estimate of drug-likeness (QED) is 0.785. The van der Waals surface area contributed by atoms with E-state index in [0.717, 1.165) is 37.8 Å². The number of pyridine rings is 1. The number of carbonyl (C=O) groups is 1. The minimum Gasteiger partial charge on any atom is -0.368 e. The Kier molecular flexibility index (Phi) is 5.96. The van der Waals surface area contributed by atoms with Crippen LogP contribution in [0.15, 0.2) is 54.9 Å². The van der Waals surface area contributed by atoms with Crippen molar-refractivity contribution in [1.82, 2.24) is 9.88 Å². The molecule has 0 bridgehead atoms. The minimum absolute atomic E-state index is 0.115. The molecule has 24 heavy (non-hydrogen) atoms. The van der Waals surface area contributed by atoms with Crippen molar-refractivity contribution in [1.29, 1.82) is 0 Å². The highest BCUT2D eigenvalue weighted by atomic mass is 16.5. The van der Waals surface area contributed by atoms with Crippen molar-refractivity contribution in [2.75, 3.05) is 13.2 Å². The van der Waals surface area contributed by atoms with E-state index in [2.05, 4.69) is 29.2 Å². The normalized spacial score (nSPS) is 16.9. The number of amides is 1. The lowest BCUT2D eigenvalue weighted by Crippen LogP contribution is -2.39. The largest absolute Gasteiger partial charge is 0.368 e. The first-order valence-corrected chi connectivity index (χ1v) is 8.66. The Bertz CT molecular complexity index is 625. The third-order valence-electron chi connectivity index (χ3n) is 4.35. The van der Waals surface area contributed by atoms with Crippen molar-refractivity contribution in [3.05, 3.63) is 66.0 Å². The number of hydrogen-bond donors (Lipinski definition) is 0. The van der Waals surface area contributed by atoms with Gasteiger partial charge in [0.2, 0.25) is 0 Å². The van der Waals surface area contributed by atoms with Gasteiger partial charge in [-0.2, -0.15) is 0 Å². The molecule has 0 spiro atoms. The van der Waals surface area contributed by atoms with Crippen LogP contribution in [-0.2, 0) is 22.5 Å². The smallest absolute Gasteiger partial charge is 0.251 e. The predicted molar refractivity (Wildman–Crippen MR) is 93.4 cm³/mol. The number of benzene rings is 1. The van der Waals surface area contributed by atoms with Crippen molar-refractivity contribution in [3.63, 3.8) is 0 Å².